The maximum Gasteiger partial charge on any atom is 0.292 e. The highest BCUT2D eigenvalue weighted by molar-refractivity contribution is 9.10. The topological polar surface area (TPSA) is 77.1 Å². The number of aryl methyl sites for hydroxylation is 1. The van der Waals surface area contributed by atoms with E-state index in [1.807, 2.05) is 32.0 Å². The minimum absolute atomic E-state index is 0.193. The summed E-state index contributed by atoms with van der Waals surface area (Å²) in [6.07, 6.45) is 0. The van der Waals surface area contributed by atoms with E-state index >= 15 is 0 Å². The summed E-state index contributed by atoms with van der Waals surface area (Å²) in [7, 11) is -0.986. The Hall–Kier alpha value is -2.19. The lowest BCUT2D eigenvalue weighted by molar-refractivity contribution is 0.0994. The Labute approximate surface area is 161 Å². The second kappa shape index (κ2) is 6.51. The number of furan rings is 1. The number of aromatic nitrogens is 2. The zero-order valence-electron chi connectivity index (χ0n) is 14.2. The number of carbonyl (C=O) groups excluding carboxylic acids is 1. The van der Waals surface area contributed by atoms with Gasteiger partial charge in [-0.3, -0.25) is 9.00 Å². The van der Waals surface area contributed by atoms with Crippen molar-refractivity contribution in [1.29, 1.82) is 0 Å². The van der Waals surface area contributed by atoms with Crippen molar-refractivity contribution in [3.8, 4) is 5.69 Å². The molecule has 8 heteroatoms. The van der Waals surface area contributed by atoms with E-state index in [-0.39, 0.29) is 11.7 Å². The van der Waals surface area contributed by atoms with Crippen LogP contribution in [0.3, 0.4) is 0 Å². The van der Waals surface area contributed by atoms with Gasteiger partial charge >= 0.3 is 0 Å². The van der Waals surface area contributed by atoms with Gasteiger partial charge in [0, 0.05) is 16.4 Å². The summed E-state index contributed by atoms with van der Waals surface area (Å²) in [6, 6.07) is 9.20. The molecule has 0 fully saturated rings. The molecule has 4 rings (SSSR count). The minimum Gasteiger partial charge on any atom is -0.444 e. The average Bonchev–Trinajstić information content (AvgIpc) is 3.26. The molecule has 0 bridgehead atoms. The molecule has 2 aromatic heterocycles. The molecule has 0 saturated carbocycles. The van der Waals surface area contributed by atoms with Crippen molar-refractivity contribution >= 4 is 38.5 Å². The molecule has 134 valence electrons. The molecule has 1 aliphatic rings. The standard InChI is InChI=1S/C18H16BrN3O3S/c1-10-4-3-5-14(11(10)2)22-17(12-8-26(24)9-13(12)21-22)20-18(23)15-6-7-16(19)25-15/h3-7H,8-9H2,1-2H3,(H,20,23). The molecule has 0 aliphatic carbocycles. The van der Waals surface area contributed by atoms with Crippen molar-refractivity contribution in [3.63, 3.8) is 0 Å². The van der Waals surface area contributed by atoms with Gasteiger partial charge in [-0.2, -0.15) is 5.10 Å². The van der Waals surface area contributed by atoms with Gasteiger partial charge in [0.05, 0.1) is 22.9 Å². The van der Waals surface area contributed by atoms with Gasteiger partial charge in [0.1, 0.15) is 5.82 Å². The summed E-state index contributed by atoms with van der Waals surface area (Å²) in [5.74, 6) is 1.16. The predicted molar refractivity (Wildman–Crippen MR) is 103 cm³/mol. The maximum absolute atomic E-state index is 12.6. The number of nitrogens with zero attached hydrogens (tertiary/aromatic N) is 2. The molecule has 0 spiro atoms. The van der Waals surface area contributed by atoms with Gasteiger partial charge in [0.15, 0.2) is 10.4 Å². The molecule has 26 heavy (non-hydrogen) atoms. The first-order valence-electron chi connectivity index (χ1n) is 8.03. The van der Waals surface area contributed by atoms with Crippen molar-refractivity contribution in [1.82, 2.24) is 9.78 Å². The molecule has 1 N–H and O–H groups in total. The fraction of sp³-hybridized carbons (Fsp3) is 0.222. The van der Waals surface area contributed by atoms with Crippen LogP contribution in [-0.4, -0.2) is 19.9 Å². The van der Waals surface area contributed by atoms with Crippen LogP contribution in [-0.2, 0) is 22.3 Å². The quantitative estimate of drug-likeness (QED) is 0.679. The molecule has 3 heterocycles. The fourth-order valence-corrected chi connectivity index (χ4v) is 4.57. The Morgan fingerprint density at radius 2 is 2.08 bits per heavy atom. The summed E-state index contributed by atoms with van der Waals surface area (Å²) in [6.45, 7) is 4.05. The van der Waals surface area contributed by atoms with E-state index in [0.717, 1.165) is 28.1 Å². The lowest BCUT2D eigenvalue weighted by atomic mass is 10.1. The monoisotopic (exact) mass is 433 g/mol. The third-order valence-electron chi connectivity index (χ3n) is 4.50. The van der Waals surface area contributed by atoms with Crippen molar-refractivity contribution in [2.24, 2.45) is 0 Å². The zero-order valence-corrected chi connectivity index (χ0v) is 16.6. The Kier molecular flexibility index (Phi) is 4.32. The first-order chi connectivity index (χ1) is 12.4. The molecule has 0 radical (unpaired) electrons. The van der Waals surface area contributed by atoms with Crippen LogP contribution in [0.5, 0.6) is 0 Å². The Morgan fingerprint density at radius 1 is 1.27 bits per heavy atom. The number of carbonyl (C=O) groups is 1. The first-order valence-corrected chi connectivity index (χ1v) is 10.3. The molecular weight excluding hydrogens is 418 g/mol. The van der Waals surface area contributed by atoms with Crippen LogP contribution in [0.1, 0.15) is 32.9 Å². The molecule has 1 atom stereocenters. The lowest BCUT2D eigenvalue weighted by Gasteiger charge is -2.13. The lowest BCUT2D eigenvalue weighted by Crippen LogP contribution is -2.16. The number of fused-ring (bicyclic) bond motifs is 1. The number of nitrogens with one attached hydrogen (secondary N) is 1. The Bertz CT molecular complexity index is 1050. The fourth-order valence-electron chi connectivity index (χ4n) is 3.00. The summed E-state index contributed by atoms with van der Waals surface area (Å²) >= 11 is 3.20. The summed E-state index contributed by atoms with van der Waals surface area (Å²) in [4.78, 5) is 12.6. The van der Waals surface area contributed by atoms with Crippen LogP contribution in [0.25, 0.3) is 5.69 Å². The van der Waals surface area contributed by atoms with Crippen LogP contribution >= 0.6 is 15.9 Å². The van der Waals surface area contributed by atoms with Crippen molar-refractivity contribution in [2.75, 3.05) is 5.32 Å². The van der Waals surface area contributed by atoms with Crippen LogP contribution in [0, 0.1) is 13.8 Å². The molecular formula is C18H16BrN3O3S. The van der Waals surface area contributed by atoms with Crippen molar-refractivity contribution in [3.05, 3.63) is 63.1 Å². The number of amides is 1. The summed E-state index contributed by atoms with van der Waals surface area (Å²) in [5, 5.41) is 7.53. The highest BCUT2D eigenvalue weighted by atomic mass is 79.9. The smallest absolute Gasteiger partial charge is 0.292 e. The summed E-state index contributed by atoms with van der Waals surface area (Å²) < 4.78 is 19.5. The van der Waals surface area contributed by atoms with Gasteiger partial charge in [0.2, 0.25) is 0 Å². The zero-order chi connectivity index (χ0) is 18.4. The van der Waals surface area contributed by atoms with Gasteiger partial charge in [-0.05, 0) is 59.1 Å². The Morgan fingerprint density at radius 3 is 2.81 bits per heavy atom. The van der Waals surface area contributed by atoms with E-state index in [0.29, 0.717) is 22.0 Å². The average molecular weight is 434 g/mol. The van der Waals surface area contributed by atoms with E-state index in [9.17, 15) is 9.00 Å². The van der Waals surface area contributed by atoms with E-state index in [2.05, 4.69) is 26.3 Å². The van der Waals surface area contributed by atoms with E-state index in [4.69, 9.17) is 4.42 Å². The predicted octanol–water partition coefficient (Wildman–Crippen LogP) is 3.86. The number of hydrogen-bond donors (Lipinski definition) is 1. The van der Waals surface area contributed by atoms with Gasteiger partial charge in [-0.25, -0.2) is 4.68 Å². The number of hydrogen-bond acceptors (Lipinski definition) is 4. The maximum atomic E-state index is 12.6. The van der Waals surface area contributed by atoms with Crippen LogP contribution in [0.2, 0.25) is 0 Å². The van der Waals surface area contributed by atoms with Gasteiger partial charge in [0.25, 0.3) is 5.91 Å². The highest BCUT2D eigenvalue weighted by Gasteiger charge is 2.29. The number of halogens is 1. The number of benzene rings is 1. The molecule has 1 unspecified atom stereocenters. The van der Waals surface area contributed by atoms with Crippen LogP contribution < -0.4 is 5.32 Å². The molecule has 1 amide bonds. The SMILES string of the molecule is Cc1cccc(-n2nc3c(c2NC(=O)c2ccc(Br)o2)CS(=O)C3)c1C. The highest BCUT2D eigenvalue weighted by Crippen LogP contribution is 2.33. The van der Waals surface area contributed by atoms with Crippen LogP contribution in [0.4, 0.5) is 5.82 Å². The second-order valence-electron chi connectivity index (χ2n) is 6.19. The molecule has 6 nitrogen and oxygen atoms in total. The minimum atomic E-state index is -0.986. The normalized spacial score (nSPS) is 15.9. The molecule has 3 aromatic rings. The van der Waals surface area contributed by atoms with E-state index in [1.165, 1.54) is 0 Å². The summed E-state index contributed by atoms with van der Waals surface area (Å²) in [5.41, 5.74) is 4.68. The van der Waals surface area contributed by atoms with Gasteiger partial charge in [-0.1, -0.05) is 12.1 Å². The third kappa shape index (κ3) is 2.93. The van der Waals surface area contributed by atoms with Crippen molar-refractivity contribution in [2.45, 2.75) is 25.4 Å². The van der Waals surface area contributed by atoms with Gasteiger partial charge < -0.3 is 9.73 Å². The molecule has 1 aromatic carbocycles. The van der Waals surface area contributed by atoms with E-state index in [1.54, 1.807) is 16.8 Å². The largest absolute Gasteiger partial charge is 0.444 e. The first kappa shape index (κ1) is 17.2. The number of rotatable bonds is 3. The number of anilines is 1. The Balaban J connectivity index is 1.81. The van der Waals surface area contributed by atoms with Crippen LogP contribution in [0.15, 0.2) is 39.4 Å². The molecule has 0 saturated heterocycles. The second-order valence-corrected chi connectivity index (χ2v) is 8.43. The third-order valence-corrected chi connectivity index (χ3v) is 6.14. The van der Waals surface area contributed by atoms with Gasteiger partial charge in [-0.15, -0.1) is 0 Å². The van der Waals surface area contributed by atoms with Crippen molar-refractivity contribution < 1.29 is 13.4 Å². The van der Waals surface area contributed by atoms with E-state index < -0.39 is 10.8 Å². The molecule has 1 aliphatic heterocycles.